The predicted octanol–water partition coefficient (Wildman–Crippen LogP) is 5.93. The molecular weight excluding hydrogens is 438 g/mol. The van der Waals surface area contributed by atoms with Crippen LogP contribution in [0.5, 0.6) is 0 Å². The minimum Gasteiger partial charge on any atom is -0.326 e. The summed E-state index contributed by atoms with van der Waals surface area (Å²) in [5.74, 6) is 0.154. The Labute approximate surface area is 188 Å². The van der Waals surface area contributed by atoms with Gasteiger partial charge in [-0.2, -0.15) is 0 Å². The smallest absolute Gasteiger partial charge is 0.239 e. The average Bonchev–Trinajstić information content (AvgIpc) is 3.50. The normalized spacial score (nSPS) is 14.2. The fraction of sp³-hybridized carbons (Fsp3) is 0.227. The quantitative estimate of drug-likeness (QED) is 0.431. The summed E-state index contributed by atoms with van der Waals surface area (Å²) in [5.41, 5.74) is 2.54. The Morgan fingerprint density at radius 2 is 1.80 bits per heavy atom. The third-order valence-corrected chi connectivity index (χ3v) is 6.75. The topological polar surface area (TPSA) is 71.1 Å². The van der Waals surface area contributed by atoms with Crippen molar-refractivity contribution < 1.29 is 9.59 Å². The number of hydrogen-bond acceptors (Lipinski definition) is 5. The summed E-state index contributed by atoms with van der Waals surface area (Å²) in [7, 11) is 0. The highest BCUT2D eigenvalue weighted by molar-refractivity contribution is 8.00. The number of amides is 2. The van der Waals surface area contributed by atoms with Crippen LogP contribution in [0.3, 0.4) is 0 Å². The molecule has 154 valence electrons. The second-order valence-corrected chi connectivity index (χ2v) is 9.79. The third-order valence-electron chi connectivity index (χ3n) is 4.63. The van der Waals surface area contributed by atoms with Crippen molar-refractivity contribution in [3.63, 3.8) is 0 Å². The molecule has 0 spiro atoms. The van der Waals surface area contributed by atoms with E-state index in [2.05, 4.69) is 15.6 Å². The van der Waals surface area contributed by atoms with Crippen molar-refractivity contribution in [1.82, 2.24) is 4.98 Å². The van der Waals surface area contributed by atoms with Gasteiger partial charge in [0, 0.05) is 32.5 Å². The first-order valence-electron chi connectivity index (χ1n) is 9.58. The number of carbonyl (C=O) groups is 2. The van der Waals surface area contributed by atoms with E-state index in [-0.39, 0.29) is 23.0 Å². The molecule has 3 aromatic rings. The molecule has 2 N–H and O–H groups in total. The summed E-state index contributed by atoms with van der Waals surface area (Å²) in [5, 5.41) is 8.66. The molecule has 1 heterocycles. The number of benzene rings is 2. The first kappa shape index (κ1) is 20.9. The Kier molecular flexibility index (Phi) is 6.41. The van der Waals surface area contributed by atoms with Crippen molar-refractivity contribution in [1.29, 1.82) is 0 Å². The van der Waals surface area contributed by atoms with Crippen LogP contribution in [0.1, 0.15) is 19.8 Å². The zero-order valence-corrected chi connectivity index (χ0v) is 18.6. The summed E-state index contributed by atoms with van der Waals surface area (Å²) in [6, 6.07) is 15.0. The molecule has 1 atom stereocenters. The highest BCUT2D eigenvalue weighted by Gasteiger charge is 2.29. The van der Waals surface area contributed by atoms with Crippen LogP contribution < -0.4 is 10.6 Å². The number of aromatic nitrogens is 1. The highest BCUT2D eigenvalue weighted by Crippen LogP contribution is 2.31. The lowest BCUT2D eigenvalue weighted by molar-refractivity contribution is -0.117. The maximum Gasteiger partial charge on any atom is 0.239 e. The molecule has 30 heavy (non-hydrogen) atoms. The first-order valence-corrected chi connectivity index (χ1v) is 11.7. The Balaban J connectivity index is 1.31. The maximum atomic E-state index is 12.6. The molecule has 0 bridgehead atoms. The molecule has 2 amide bonds. The molecule has 1 aromatic heterocycles. The zero-order valence-electron chi connectivity index (χ0n) is 16.2. The molecule has 2 aromatic carbocycles. The number of nitrogens with one attached hydrogen (secondary N) is 2. The third kappa shape index (κ3) is 5.41. The van der Waals surface area contributed by atoms with Crippen molar-refractivity contribution >= 4 is 57.3 Å². The molecule has 1 aliphatic carbocycles. The lowest BCUT2D eigenvalue weighted by atomic mass is 10.2. The van der Waals surface area contributed by atoms with Gasteiger partial charge in [0.1, 0.15) is 0 Å². The van der Waals surface area contributed by atoms with E-state index in [0.29, 0.717) is 10.2 Å². The largest absolute Gasteiger partial charge is 0.326 e. The van der Waals surface area contributed by atoms with Crippen LogP contribution in [0.25, 0.3) is 11.3 Å². The first-order chi connectivity index (χ1) is 14.5. The van der Waals surface area contributed by atoms with Crippen LogP contribution in [0, 0.1) is 5.92 Å². The van der Waals surface area contributed by atoms with Gasteiger partial charge in [-0.15, -0.1) is 23.1 Å². The number of hydrogen-bond donors (Lipinski definition) is 2. The van der Waals surface area contributed by atoms with Gasteiger partial charge in [-0.25, -0.2) is 4.98 Å². The van der Waals surface area contributed by atoms with Gasteiger partial charge in [-0.05, 0) is 56.2 Å². The summed E-state index contributed by atoms with van der Waals surface area (Å²) < 4.78 is 0. The molecule has 1 fully saturated rings. The monoisotopic (exact) mass is 457 g/mol. The van der Waals surface area contributed by atoms with E-state index < -0.39 is 0 Å². The number of halogens is 1. The van der Waals surface area contributed by atoms with Crippen molar-refractivity contribution in [2.24, 2.45) is 5.92 Å². The van der Waals surface area contributed by atoms with Gasteiger partial charge in [-0.1, -0.05) is 23.7 Å². The summed E-state index contributed by atoms with van der Waals surface area (Å²) in [6.45, 7) is 1.86. The van der Waals surface area contributed by atoms with E-state index in [9.17, 15) is 9.59 Å². The van der Waals surface area contributed by atoms with Crippen LogP contribution >= 0.6 is 34.7 Å². The zero-order chi connectivity index (χ0) is 21.1. The highest BCUT2D eigenvalue weighted by atomic mass is 35.5. The SMILES string of the molecule is CC(Sc1ccc(NC(=O)C2CC2)cc1)C(=O)Nc1nc(-c2ccc(Cl)cc2)cs1. The van der Waals surface area contributed by atoms with Crippen LogP contribution in [-0.2, 0) is 9.59 Å². The van der Waals surface area contributed by atoms with E-state index >= 15 is 0 Å². The van der Waals surface area contributed by atoms with Crippen LogP contribution in [0.15, 0.2) is 58.8 Å². The lowest BCUT2D eigenvalue weighted by Gasteiger charge is -2.11. The van der Waals surface area contributed by atoms with Gasteiger partial charge in [0.15, 0.2) is 5.13 Å². The van der Waals surface area contributed by atoms with Crippen molar-refractivity contribution in [3.8, 4) is 11.3 Å². The number of thiazole rings is 1. The van der Waals surface area contributed by atoms with Crippen LogP contribution in [0.2, 0.25) is 5.02 Å². The van der Waals surface area contributed by atoms with Crippen molar-refractivity contribution in [2.75, 3.05) is 10.6 Å². The molecular formula is C22H20ClN3O2S2. The number of thioether (sulfide) groups is 1. The van der Waals surface area contributed by atoms with Gasteiger partial charge >= 0.3 is 0 Å². The Hall–Kier alpha value is -2.35. The van der Waals surface area contributed by atoms with E-state index in [1.54, 1.807) is 0 Å². The molecule has 8 heteroatoms. The Bertz CT molecular complexity index is 1050. The molecule has 1 saturated carbocycles. The van der Waals surface area contributed by atoms with E-state index in [1.165, 1.54) is 23.1 Å². The number of rotatable bonds is 7. The van der Waals surface area contributed by atoms with Crippen molar-refractivity contribution in [2.45, 2.75) is 29.9 Å². The summed E-state index contributed by atoms with van der Waals surface area (Å²) in [6.07, 6.45) is 1.96. The van der Waals surface area contributed by atoms with Gasteiger partial charge < -0.3 is 10.6 Å². The van der Waals surface area contributed by atoms with Crippen molar-refractivity contribution in [3.05, 3.63) is 58.9 Å². The molecule has 1 unspecified atom stereocenters. The lowest BCUT2D eigenvalue weighted by Crippen LogP contribution is -2.22. The predicted molar refractivity (Wildman–Crippen MR) is 124 cm³/mol. The molecule has 0 aliphatic heterocycles. The minimum absolute atomic E-state index is 0.0876. The van der Waals surface area contributed by atoms with Gasteiger partial charge in [0.05, 0.1) is 10.9 Å². The summed E-state index contributed by atoms with van der Waals surface area (Å²) in [4.78, 5) is 29.8. The summed E-state index contributed by atoms with van der Waals surface area (Å²) >= 11 is 8.77. The Morgan fingerprint density at radius 1 is 1.10 bits per heavy atom. The number of carbonyl (C=O) groups excluding carboxylic acids is 2. The molecule has 1 aliphatic rings. The van der Waals surface area contributed by atoms with Gasteiger partial charge in [0.25, 0.3) is 0 Å². The molecule has 0 radical (unpaired) electrons. The fourth-order valence-electron chi connectivity index (χ4n) is 2.76. The fourth-order valence-corrected chi connectivity index (χ4v) is 4.47. The van der Waals surface area contributed by atoms with E-state index in [1.807, 2.05) is 60.8 Å². The van der Waals surface area contributed by atoms with Crippen LogP contribution in [0.4, 0.5) is 10.8 Å². The van der Waals surface area contributed by atoms with Crippen LogP contribution in [-0.4, -0.2) is 22.0 Å². The van der Waals surface area contributed by atoms with E-state index in [0.717, 1.165) is 34.7 Å². The van der Waals surface area contributed by atoms with E-state index in [4.69, 9.17) is 11.6 Å². The molecule has 4 rings (SSSR count). The van der Waals surface area contributed by atoms with Gasteiger partial charge in [-0.3, -0.25) is 9.59 Å². The van der Waals surface area contributed by atoms with Gasteiger partial charge in [0.2, 0.25) is 11.8 Å². The average molecular weight is 458 g/mol. The maximum absolute atomic E-state index is 12.6. The number of anilines is 2. The Morgan fingerprint density at radius 3 is 2.47 bits per heavy atom. The second-order valence-electron chi connectivity index (χ2n) is 7.08. The standard InChI is InChI=1S/C22H20ClN3O2S2/c1-13(30-18-10-8-17(9-11-18)24-21(28)15-2-3-15)20(27)26-22-25-19(12-29-22)14-4-6-16(23)7-5-14/h4-13,15H,2-3H2,1H3,(H,24,28)(H,25,26,27). The molecule has 5 nitrogen and oxygen atoms in total. The second kappa shape index (κ2) is 9.20. The number of nitrogens with zero attached hydrogens (tertiary/aromatic N) is 1. The molecule has 0 saturated heterocycles. The minimum atomic E-state index is -0.292.